The molecule has 1 atom stereocenters. The van der Waals surface area contributed by atoms with E-state index < -0.39 is 10.0 Å². The predicted molar refractivity (Wildman–Crippen MR) is 80.7 cm³/mol. The van der Waals surface area contributed by atoms with Crippen molar-refractivity contribution < 1.29 is 12.9 Å². The lowest BCUT2D eigenvalue weighted by Gasteiger charge is -2.16. The molecule has 0 radical (unpaired) electrons. The van der Waals surface area contributed by atoms with Crippen LogP contribution in [0.3, 0.4) is 0 Å². The highest BCUT2D eigenvalue weighted by molar-refractivity contribution is 7.89. The third-order valence-corrected chi connectivity index (χ3v) is 5.85. The molecule has 0 amide bonds. The van der Waals surface area contributed by atoms with E-state index in [1.807, 2.05) is 6.07 Å². The molecule has 1 aromatic heterocycles. The minimum absolute atomic E-state index is 0.345. The van der Waals surface area contributed by atoms with Crippen LogP contribution in [-0.2, 0) is 16.4 Å². The van der Waals surface area contributed by atoms with Crippen molar-refractivity contribution in [3.8, 4) is 0 Å². The van der Waals surface area contributed by atoms with Crippen molar-refractivity contribution in [2.75, 3.05) is 13.1 Å². The highest BCUT2D eigenvalue weighted by Crippen LogP contribution is 2.26. The number of benzene rings is 1. The lowest BCUT2D eigenvalue weighted by atomic mass is 10.0. The Morgan fingerprint density at radius 3 is 2.77 bits per heavy atom. The monoisotopic (exact) mass is 321 g/mol. The van der Waals surface area contributed by atoms with Gasteiger partial charge in [0, 0.05) is 26.4 Å². The summed E-state index contributed by atoms with van der Waals surface area (Å²) in [5, 5.41) is 3.87. The maximum atomic E-state index is 12.5. The summed E-state index contributed by atoms with van der Waals surface area (Å²) in [4.78, 5) is 4.54. The molecule has 1 aliphatic rings. The van der Waals surface area contributed by atoms with Crippen molar-refractivity contribution in [2.45, 2.75) is 31.1 Å². The smallest absolute Gasteiger partial charge is 0.243 e. The number of aromatic nitrogens is 2. The summed E-state index contributed by atoms with van der Waals surface area (Å²) in [6.07, 6.45) is 2.48. The van der Waals surface area contributed by atoms with Gasteiger partial charge in [-0.15, -0.1) is 0 Å². The Morgan fingerprint density at radius 2 is 2.09 bits per heavy atom. The first-order valence-corrected chi connectivity index (χ1v) is 8.84. The number of aryl methyl sites for hydroxylation is 2. The molecule has 3 rings (SSSR count). The first-order chi connectivity index (χ1) is 10.6. The van der Waals surface area contributed by atoms with E-state index in [9.17, 15) is 8.42 Å². The molecule has 1 aromatic carbocycles. The predicted octanol–water partition coefficient (Wildman–Crippen LogP) is 2.02. The van der Waals surface area contributed by atoms with Crippen LogP contribution in [0.4, 0.5) is 0 Å². The Kier molecular flexibility index (Phi) is 4.26. The van der Waals surface area contributed by atoms with Crippen molar-refractivity contribution in [1.29, 1.82) is 0 Å². The van der Waals surface area contributed by atoms with Crippen molar-refractivity contribution in [3.05, 3.63) is 42.0 Å². The van der Waals surface area contributed by atoms with E-state index in [-0.39, 0.29) is 0 Å². The molecule has 22 heavy (non-hydrogen) atoms. The van der Waals surface area contributed by atoms with Gasteiger partial charge in [-0.2, -0.15) is 9.29 Å². The fraction of sp³-hybridized carbons (Fsp3) is 0.467. The van der Waals surface area contributed by atoms with Crippen LogP contribution in [0, 0.1) is 12.8 Å². The van der Waals surface area contributed by atoms with Crippen molar-refractivity contribution in [3.63, 3.8) is 0 Å². The fourth-order valence-electron chi connectivity index (χ4n) is 2.77. The van der Waals surface area contributed by atoms with E-state index in [0.717, 1.165) is 19.3 Å². The molecule has 2 heterocycles. The molecule has 0 bridgehead atoms. The number of hydrogen-bond acceptors (Lipinski definition) is 5. The molecule has 1 fully saturated rings. The lowest BCUT2D eigenvalue weighted by Crippen LogP contribution is -2.28. The van der Waals surface area contributed by atoms with Gasteiger partial charge in [0.25, 0.3) is 0 Å². The van der Waals surface area contributed by atoms with E-state index in [1.54, 1.807) is 35.5 Å². The molecule has 1 aliphatic heterocycles. The molecular weight excluding hydrogens is 302 g/mol. The second kappa shape index (κ2) is 6.18. The molecule has 0 aliphatic carbocycles. The quantitative estimate of drug-likeness (QED) is 0.842. The molecule has 0 N–H and O–H groups in total. The Bertz CT molecular complexity index is 728. The highest BCUT2D eigenvalue weighted by atomic mass is 32.2. The molecule has 2 aromatic rings. The molecule has 1 saturated heterocycles. The van der Waals surface area contributed by atoms with Gasteiger partial charge >= 0.3 is 0 Å². The average Bonchev–Trinajstić information content (AvgIpc) is 3.15. The maximum Gasteiger partial charge on any atom is 0.243 e. The Labute approximate surface area is 130 Å². The second-order valence-electron chi connectivity index (χ2n) is 5.60. The summed E-state index contributed by atoms with van der Waals surface area (Å²) in [6.45, 7) is 2.90. The van der Waals surface area contributed by atoms with Crippen molar-refractivity contribution >= 4 is 10.0 Å². The number of nitrogens with zero attached hydrogens (tertiary/aromatic N) is 3. The van der Waals surface area contributed by atoms with E-state index in [1.165, 1.54) is 0 Å². The number of hydrogen-bond donors (Lipinski definition) is 0. The standard InChI is InChI=1S/C15H19N3O3S/c1-12-16-15(17-21-12)8-7-13-9-10-18(11-13)22(19,20)14-5-3-2-4-6-14/h2-6,13H,7-11H2,1H3. The van der Waals surface area contributed by atoms with Crippen LogP contribution >= 0.6 is 0 Å². The van der Waals surface area contributed by atoms with Gasteiger partial charge in [0.05, 0.1) is 4.90 Å². The first-order valence-electron chi connectivity index (χ1n) is 7.40. The van der Waals surface area contributed by atoms with Crippen LogP contribution in [0.15, 0.2) is 39.8 Å². The first kappa shape index (κ1) is 15.2. The Morgan fingerprint density at radius 1 is 1.32 bits per heavy atom. The van der Waals surface area contributed by atoms with Crippen LogP contribution in [0.2, 0.25) is 0 Å². The van der Waals surface area contributed by atoms with Gasteiger partial charge in [0.1, 0.15) is 0 Å². The number of rotatable bonds is 5. The summed E-state index contributed by atoms with van der Waals surface area (Å²) < 4.78 is 31.6. The Hall–Kier alpha value is -1.73. The van der Waals surface area contributed by atoms with Gasteiger partial charge in [0.15, 0.2) is 5.82 Å². The molecule has 118 valence electrons. The zero-order valence-corrected chi connectivity index (χ0v) is 13.3. The lowest BCUT2D eigenvalue weighted by molar-refractivity contribution is 0.383. The second-order valence-corrected chi connectivity index (χ2v) is 7.54. The molecule has 7 heteroatoms. The van der Waals surface area contributed by atoms with E-state index >= 15 is 0 Å². The third kappa shape index (κ3) is 3.20. The molecule has 1 unspecified atom stereocenters. The Balaban J connectivity index is 1.60. The van der Waals surface area contributed by atoms with Crippen molar-refractivity contribution in [1.82, 2.24) is 14.4 Å². The average molecular weight is 321 g/mol. The van der Waals surface area contributed by atoms with E-state index in [2.05, 4.69) is 10.1 Å². The minimum Gasteiger partial charge on any atom is -0.340 e. The largest absolute Gasteiger partial charge is 0.340 e. The highest BCUT2D eigenvalue weighted by Gasteiger charge is 2.32. The van der Waals surface area contributed by atoms with Crippen LogP contribution in [0.25, 0.3) is 0 Å². The normalized spacial score (nSPS) is 19.6. The van der Waals surface area contributed by atoms with Gasteiger partial charge in [-0.05, 0) is 30.9 Å². The fourth-order valence-corrected chi connectivity index (χ4v) is 4.32. The minimum atomic E-state index is -3.37. The van der Waals surface area contributed by atoms with Gasteiger partial charge in [-0.25, -0.2) is 8.42 Å². The van der Waals surface area contributed by atoms with Crippen LogP contribution in [0.1, 0.15) is 24.6 Å². The van der Waals surface area contributed by atoms with Crippen LogP contribution in [0.5, 0.6) is 0 Å². The SMILES string of the molecule is Cc1nc(CCC2CCN(S(=O)(=O)c3ccccc3)C2)no1. The third-order valence-electron chi connectivity index (χ3n) is 3.98. The number of sulfonamides is 1. The van der Waals surface area contributed by atoms with Gasteiger partial charge in [-0.3, -0.25) is 0 Å². The summed E-state index contributed by atoms with van der Waals surface area (Å²) in [5.41, 5.74) is 0. The van der Waals surface area contributed by atoms with Crippen molar-refractivity contribution in [2.24, 2.45) is 5.92 Å². The van der Waals surface area contributed by atoms with Crippen LogP contribution < -0.4 is 0 Å². The zero-order chi connectivity index (χ0) is 15.6. The zero-order valence-electron chi connectivity index (χ0n) is 12.5. The van der Waals surface area contributed by atoms with Gasteiger partial charge in [-0.1, -0.05) is 23.4 Å². The molecule has 0 saturated carbocycles. The summed E-state index contributed by atoms with van der Waals surface area (Å²) >= 11 is 0. The summed E-state index contributed by atoms with van der Waals surface area (Å²) in [7, 11) is -3.37. The molecule has 6 nitrogen and oxygen atoms in total. The summed E-state index contributed by atoms with van der Waals surface area (Å²) in [5.74, 6) is 1.61. The van der Waals surface area contributed by atoms with Crippen LogP contribution in [-0.4, -0.2) is 36.0 Å². The summed E-state index contributed by atoms with van der Waals surface area (Å²) in [6, 6.07) is 8.60. The topological polar surface area (TPSA) is 76.3 Å². The molecular formula is C15H19N3O3S. The molecule has 0 spiro atoms. The van der Waals surface area contributed by atoms with E-state index in [0.29, 0.717) is 35.6 Å². The van der Waals surface area contributed by atoms with Gasteiger partial charge in [0.2, 0.25) is 15.9 Å². The van der Waals surface area contributed by atoms with Gasteiger partial charge < -0.3 is 4.52 Å². The maximum absolute atomic E-state index is 12.5. The van der Waals surface area contributed by atoms with E-state index in [4.69, 9.17) is 4.52 Å².